The Labute approximate surface area is 194 Å². The van der Waals surface area contributed by atoms with Crippen LogP contribution in [-0.4, -0.2) is 59.0 Å². The first kappa shape index (κ1) is 21.8. The number of likely N-dealkylation sites (tertiary alicyclic amines) is 1. The van der Waals surface area contributed by atoms with Crippen LogP contribution in [0.4, 0.5) is 0 Å². The van der Waals surface area contributed by atoms with Gasteiger partial charge in [-0.15, -0.1) is 0 Å². The van der Waals surface area contributed by atoms with Gasteiger partial charge in [0.25, 0.3) is 5.91 Å². The summed E-state index contributed by atoms with van der Waals surface area (Å²) in [6.45, 7) is 4.93. The molecule has 2 unspecified atom stereocenters. The molecule has 1 N–H and O–H groups in total. The fraction of sp³-hybridized carbons (Fsp3) is 0.462. The molecule has 0 saturated carbocycles. The van der Waals surface area contributed by atoms with Gasteiger partial charge in [0, 0.05) is 55.9 Å². The molecule has 3 aliphatic heterocycles. The highest BCUT2D eigenvalue weighted by Crippen LogP contribution is 2.51. The summed E-state index contributed by atoms with van der Waals surface area (Å²) in [7, 11) is 2.01. The minimum atomic E-state index is -0.366. The van der Waals surface area contributed by atoms with E-state index in [1.165, 1.54) is 5.56 Å². The van der Waals surface area contributed by atoms with E-state index in [2.05, 4.69) is 11.2 Å². The summed E-state index contributed by atoms with van der Waals surface area (Å²) in [5.41, 5.74) is 2.01. The van der Waals surface area contributed by atoms with Crippen LogP contribution >= 0.6 is 0 Å². The third-order valence-electron chi connectivity index (χ3n) is 7.05. The van der Waals surface area contributed by atoms with Gasteiger partial charge in [0.1, 0.15) is 17.1 Å². The number of hydrazone groups is 1. The van der Waals surface area contributed by atoms with Crippen LogP contribution in [0.2, 0.25) is 0 Å². The molecule has 3 heterocycles. The van der Waals surface area contributed by atoms with Gasteiger partial charge in [-0.05, 0) is 38.1 Å². The lowest BCUT2D eigenvalue weighted by Crippen LogP contribution is -2.57. The molecule has 2 aromatic carbocycles. The second-order valence-corrected chi connectivity index (χ2v) is 9.45. The molecule has 2 aromatic rings. The average molecular weight is 450 g/mol. The van der Waals surface area contributed by atoms with E-state index in [-0.39, 0.29) is 36.2 Å². The number of rotatable bonds is 4. The molecule has 1 spiro atoms. The average Bonchev–Trinajstić information content (AvgIpc) is 3.22. The van der Waals surface area contributed by atoms with Gasteiger partial charge in [0.05, 0.1) is 24.7 Å². The Balaban J connectivity index is 1.34. The Kier molecular flexibility index (Phi) is 5.52. The fourth-order valence-corrected chi connectivity index (χ4v) is 5.40. The minimum absolute atomic E-state index is 0.00208. The van der Waals surface area contributed by atoms with Crippen LogP contribution in [0.5, 0.6) is 11.5 Å². The maximum absolute atomic E-state index is 13.3. The van der Waals surface area contributed by atoms with E-state index < -0.39 is 0 Å². The zero-order valence-corrected chi connectivity index (χ0v) is 19.4. The second-order valence-electron chi connectivity index (χ2n) is 9.45. The summed E-state index contributed by atoms with van der Waals surface area (Å²) in [5, 5.41) is 16.4. The van der Waals surface area contributed by atoms with Gasteiger partial charge in [0.15, 0.2) is 0 Å². The van der Waals surface area contributed by atoms with Crippen molar-refractivity contribution in [1.29, 1.82) is 0 Å². The van der Waals surface area contributed by atoms with Crippen LogP contribution < -0.4 is 9.47 Å². The first-order chi connectivity index (χ1) is 15.9. The zero-order valence-electron chi connectivity index (χ0n) is 19.4. The lowest BCUT2D eigenvalue weighted by molar-refractivity contribution is -0.0509. The second kappa shape index (κ2) is 8.37. The minimum Gasteiger partial charge on any atom is -0.491 e. The number of hydrogen-bond acceptors (Lipinski definition) is 6. The molecule has 7 nitrogen and oxygen atoms in total. The maximum atomic E-state index is 13.3. The van der Waals surface area contributed by atoms with Crippen molar-refractivity contribution in [1.82, 2.24) is 9.91 Å². The molecule has 0 radical (unpaired) electrons. The summed E-state index contributed by atoms with van der Waals surface area (Å²) in [6.07, 6.45) is 3.52. The molecule has 1 fully saturated rings. The predicted octanol–water partition coefficient (Wildman–Crippen LogP) is 3.62. The van der Waals surface area contributed by atoms with Crippen LogP contribution in [0.15, 0.2) is 47.6 Å². The highest BCUT2D eigenvalue weighted by atomic mass is 16.5. The molecule has 7 heteroatoms. The Morgan fingerprint density at radius 3 is 2.73 bits per heavy atom. The molecule has 0 aromatic heterocycles. The van der Waals surface area contributed by atoms with Gasteiger partial charge in [-0.2, -0.15) is 5.10 Å². The fourth-order valence-electron chi connectivity index (χ4n) is 5.40. The van der Waals surface area contributed by atoms with Gasteiger partial charge < -0.3 is 19.5 Å². The molecular weight excluding hydrogens is 418 g/mol. The SMILES string of the molecule is CC(C)Oc1ccc(C(=O)N2CCC3(CC2)Oc2ccccc2C2C3C=NN2C)cc1CO. The number of hydrogen-bond donors (Lipinski definition) is 1. The van der Waals surface area contributed by atoms with Crippen molar-refractivity contribution in [2.24, 2.45) is 11.0 Å². The van der Waals surface area contributed by atoms with Crippen molar-refractivity contribution in [2.45, 2.75) is 51.0 Å². The van der Waals surface area contributed by atoms with Crippen LogP contribution in [0.3, 0.4) is 0 Å². The molecular formula is C26H31N3O4. The molecule has 0 aliphatic carbocycles. The number of nitrogens with zero attached hydrogens (tertiary/aromatic N) is 3. The number of ether oxygens (including phenoxy) is 2. The van der Waals surface area contributed by atoms with E-state index in [9.17, 15) is 9.90 Å². The van der Waals surface area contributed by atoms with E-state index in [1.807, 2.05) is 55.2 Å². The van der Waals surface area contributed by atoms with Crippen molar-refractivity contribution >= 4 is 12.1 Å². The van der Waals surface area contributed by atoms with Gasteiger partial charge in [0.2, 0.25) is 0 Å². The largest absolute Gasteiger partial charge is 0.491 e. The number of benzene rings is 2. The summed E-state index contributed by atoms with van der Waals surface area (Å²) in [4.78, 5) is 15.2. The normalized spacial score (nSPS) is 22.8. The Morgan fingerprint density at radius 1 is 1.24 bits per heavy atom. The molecule has 1 saturated heterocycles. The topological polar surface area (TPSA) is 74.6 Å². The molecule has 33 heavy (non-hydrogen) atoms. The van der Waals surface area contributed by atoms with Crippen LogP contribution in [-0.2, 0) is 6.61 Å². The van der Waals surface area contributed by atoms with Gasteiger partial charge in [-0.3, -0.25) is 9.80 Å². The number of para-hydroxylation sites is 1. The lowest BCUT2D eigenvalue weighted by atomic mass is 9.72. The van der Waals surface area contributed by atoms with E-state index in [4.69, 9.17) is 9.47 Å². The van der Waals surface area contributed by atoms with E-state index in [0.717, 1.165) is 18.6 Å². The van der Waals surface area contributed by atoms with Crippen LogP contribution in [0.25, 0.3) is 0 Å². The Hall–Kier alpha value is -3.06. The summed E-state index contributed by atoms with van der Waals surface area (Å²) in [6, 6.07) is 13.7. The number of carbonyl (C=O) groups is 1. The molecule has 3 aliphatic rings. The third-order valence-corrected chi connectivity index (χ3v) is 7.05. The summed E-state index contributed by atoms with van der Waals surface area (Å²) >= 11 is 0. The van der Waals surface area contributed by atoms with Crippen LogP contribution in [0, 0.1) is 5.92 Å². The van der Waals surface area contributed by atoms with E-state index >= 15 is 0 Å². The Morgan fingerprint density at radius 2 is 2.00 bits per heavy atom. The zero-order chi connectivity index (χ0) is 23.2. The highest BCUT2D eigenvalue weighted by Gasteiger charge is 2.54. The highest BCUT2D eigenvalue weighted by molar-refractivity contribution is 5.94. The number of amides is 1. The van der Waals surface area contributed by atoms with Gasteiger partial charge in [-0.1, -0.05) is 18.2 Å². The third kappa shape index (κ3) is 3.74. The summed E-state index contributed by atoms with van der Waals surface area (Å²) in [5.74, 6) is 1.67. The number of aliphatic hydroxyl groups is 1. The van der Waals surface area contributed by atoms with Gasteiger partial charge in [-0.25, -0.2) is 0 Å². The monoisotopic (exact) mass is 449 g/mol. The van der Waals surface area contributed by atoms with Gasteiger partial charge >= 0.3 is 0 Å². The van der Waals surface area contributed by atoms with Crippen molar-refractivity contribution in [2.75, 3.05) is 20.1 Å². The predicted molar refractivity (Wildman–Crippen MR) is 126 cm³/mol. The number of aliphatic hydroxyl groups excluding tert-OH is 1. The van der Waals surface area contributed by atoms with Crippen LogP contribution in [0.1, 0.15) is 54.2 Å². The molecule has 174 valence electrons. The lowest BCUT2D eigenvalue weighted by Gasteiger charge is -2.50. The standard InChI is InChI=1S/C26H31N3O4/c1-17(2)32-22-9-8-18(14-19(22)16-30)25(31)29-12-10-26(11-13-29)21-15-27-28(3)24(21)20-6-4-5-7-23(20)33-26/h4-9,14-15,17,21,24,30H,10-13,16H2,1-3H3. The van der Waals surface area contributed by atoms with Crippen molar-refractivity contribution in [3.05, 3.63) is 59.2 Å². The molecule has 0 bridgehead atoms. The first-order valence-corrected chi connectivity index (χ1v) is 11.7. The van der Waals surface area contributed by atoms with Crippen molar-refractivity contribution in [3.8, 4) is 11.5 Å². The van der Waals surface area contributed by atoms with E-state index in [1.54, 1.807) is 18.2 Å². The first-order valence-electron chi connectivity index (χ1n) is 11.7. The van der Waals surface area contributed by atoms with Crippen molar-refractivity contribution < 1.29 is 19.4 Å². The molecule has 2 atom stereocenters. The van der Waals surface area contributed by atoms with E-state index in [0.29, 0.717) is 30.0 Å². The van der Waals surface area contributed by atoms with Crippen molar-refractivity contribution in [3.63, 3.8) is 0 Å². The summed E-state index contributed by atoms with van der Waals surface area (Å²) < 4.78 is 12.4. The smallest absolute Gasteiger partial charge is 0.253 e. The molecule has 1 amide bonds. The molecule has 5 rings (SSSR count). The quantitative estimate of drug-likeness (QED) is 0.772. The Bertz CT molecular complexity index is 1070. The number of piperidine rings is 1. The number of carbonyl (C=O) groups excluding carboxylic acids is 1. The number of fused-ring (bicyclic) bond motifs is 4. The maximum Gasteiger partial charge on any atom is 0.253 e.